The van der Waals surface area contributed by atoms with Gasteiger partial charge in [0.2, 0.25) is 17.7 Å². The smallest absolute Gasteiger partial charge is 0.223 e. The molecule has 0 aromatic carbocycles. The van der Waals surface area contributed by atoms with Crippen molar-refractivity contribution >= 4 is 5.91 Å². The molecule has 1 amide bonds. The molecule has 1 saturated carbocycles. The summed E-state index contributed by atoms with van der Waals surface area (Å²) in [6, 6.07) is 0. The molecule has 5 heteroatoms. The van der Waals surface area contributed by atoms with Crippen LogP contribution in [0.2, 0.25) is 0 Å². The number of nitrogens with zero attached hydrogens (tertiary/aromatic N) is 2. The van der Waals surface area contributed by atoms with Crippen molar-refractivity contribution < 1.29 is 9.21 Å². The van der Waals surface area contributed by atoms with Gasteiger partial charge in [-0.25, -0.2) is 0 Å². The quantitative estimate of drug-likeness (QED) is 0.869. The van der Waals surface area contributed by atoms with Crippen LogP contribution in [0.4, 0.5) is 0 Å². The average Bonchev–Trinajstić information content (AvgIpc) is 3.09. The number of carbonyl (C=O) groups excluding carboxylic acids is 1. The molecule has 0 saturated heterocycles. The number of aromatic nitrogens is 2. The van der Waals surface area contributed by atoms with Crippen molar-refractivity contribution in [1.82, 2.24) is 15.5 Å². The van der Waals surface area contributed by atoms with E-state index in [0.717, 1.165) is 25.2 Å². The van der Waals surface area contributed by atoms with E-state index < -0.39 is 0 Å². The van der Waals surface area contributed by atoms with Gasteiger partial charge >= 0.3 is 0 Å². The first-order valence-electron chi connectivity index (χ1n) is 7.51. The maximum atomic E-state index is 12.2. The zero-order valence-electron chi connectivity index (χ0n) is 12.9. The number of carbonyl (C=O) groups is 1. The molecule has 2 rings (SSSR count). The van der Waals surface area contributed by atoms with E-state index in [4.69, 9.17) is 4.42 Å². The molecule has 20 heavy (non-hydrogen) atoms. The van der Waals surface area contributed by atoms with Crippen molar-refractivity contribution in [2.45, 2.75) is 59.3 Å². The lowest BCUT2D eigenvalue weighted by Crippen LogP contribution is -2.38. The van der Waals surface area contributed by atoms with Crippen molar-refractivity contribution in [1.29, 1.82) is 0 Å². The summed E-state index contributed by atoms with van der Waals surface area (Å²) in [7, 11) is 0. The number of hydrogen-bond acceptors (Lipinski definition) is 4. The number of hydrogen-bond donors (Lipinski definition) is 1. The van der Waals surface area contributed by atoms with Gasteiger partial charge in [-0.1, -0.05) is 27.7 Å². The van der Waals surface area contributed by atoms with Gasteiger partial charge in [-0.05, 0) is 24.7 Å². The van der Waals surface area contributed by atoms with Crippen LogP contribution < -0.4 is 5.32 Å². The largest absolute Gasteiger partial charge is 0.425 e. The minimum absolute atomic E-state index is 0.0114. The fourth-order valence-corrected chi connectivity index (χ4v) is 2.47. The summed E-state index contributed by atoms with van der Waals surface area (Å²) in [4.78, 5) is 12.2. The Morgan fingerprint density at radius 2 is 2.10 bits per heavy atom. The molecule has 0 aliphatic heterocycles. The van der Waals surface area contributed by atoms with Crippen LogP contribution in [0, 0.1) is 11.3 Å². The highest BCUT2D eigenvalue weighted by Crippen LogP contribution is 2.39. The summed E-state index contributed by atoms with van der Waals surface area (Å²) in [6.07, 6.45) is 3.76. The molecule has 0 bridgehead atoms. The monoisotopic (exact) mass is 279 g/mol. The fraction of sp³-hybridized carbons (Fsp3) is 0.800. The molecule has 1 aromatic heterocycles. The van der Waals surface area contributed by atoms with E-state index in [-0.39, 0.29) is 17.2 Å². The first kappa shape index (κ1) is 15.0. The second-order valence-electron chi connectivity index (χ2n) is 6.68. The van der Waals surface area contributed by atoms with Crippen LogP contribution in [0.5, 0.6) is 0 Å². The fourth-order valence-electron chi connectivity index (χ4n) is 2.47. The third kappa shape index (κ3) is 3.81. The maximum absolute atomic E-state index is 12.2. The topological polar surface area (TPSA) is 68.0 Å². The first-order valence-corrected chi connectivity index (χ1v) is 7.51. The molecule has 1 unspecified atom stereocenters. The Kier molecular flexibility index (Phi) is 4.45. The van der Waals surface area contributed by atoms with Crippen LogP contribution in [0.3, 0.4) is 0 Å². The third-order valence-corrected chi connectivity index (χ3v) is 3.82. The number of rotatable bonds is 6. The zero-order valence-corrected chi connectivity index (χ0v) is 12.9. The third-order valence-electron chi connectivity index (χ3n) is 3.82. The minimum Gasteiger partial charge on any atom is -0.425 e. The molecule has 1 N–H and O–H groups in total. The Morgan fingerprint density at radius 3 is 2.65 bits per heavy atom. The van der Waals surface area contributed by atoms with E-state index in [1.807, 2.05) is 0 Å². The lowest BCUT2D eigenvalue weighted by atomic mass is 9.78. The van der Waals surface area contributed by atoms with Crippen LogP contribution in [-0.4, -0.2) is 22.6 Å². The highest BCUT2D eigenvalue weighted by molar-refractivity contribution is 5.79. The van der Waals surface area contributed by atoms with Gasteiger partial charge in [0.1, 0.15) is 0 Å². The van der Waals surface area contributed by atoms with Crippen LogP contribution in [-0.2, 0) is 11.2 Å². The second kappa shape index (κ2) is 5.94. The molecule has 1 fully saturated rings. The molecule has 1 atom stereocenters. The van der Waals surface area contributed by atoms with Crippen molar-refractivity contribution in [3.63, 3.8) is 0 Å². The molecule has 112 valence electrons. The molecule has 1 aliphatic carbocycles. The average molecular weight is 279 g/mol. The van der Waals surface area contributed by atoms with E-state index >= 15 is 0 Å². The summed E-state index contributed by atoms with van der Waals surface area (Å²) in [5, 5.41) is 11.0. The maximum Gasteiger partial charge on any atom is 0.223 e. The van der Waals surface area contributed by atoms with Crippen LogP contribution in [0.25, 0.3) is 0 Å². The summed E-state index contributed by atoms with van der Waals surface area (Å²) in [5.74, 6) is 2.01. The normalized spacial score (nSPS) is 17.0. The Morgan fingerprint density at radius 1 is 1.40 bits per heavy atom. The van der Waals surface area contributed by atoms with Gasteiger partial charge in [0.15, 0.2) is 0 Å². The Labute approximate surface area is 120 Å². The Hall–Kier alpha value is -1.39. The molecular formula is C15H25N3O2. The van der Waals surface area contributed by atoms with E-state index in [0.29, 0.717) is 24.8 Å². The summed E-state index contributed by atoms with van der Waals surface area (Å²) in [5.41, 5.74) is -0.0114. The Bertz CT molecular complexity index is 458. The van der Waals surface area contributed by atoms with Crippen molar-refractivity contribution in [3.05, 3.63) is 11.8 Å². The van der Waals surface area contributed by atoms with Gasteiger partial charge in [0, 0.05) is 24.8 Å². The van der Waals surface area contributed by atoms with Crippen LogP contribution in [0.1, 0.15) is 64.7 Å². The lowest BCUT2D eigenvalue weighted by Gasteiger charge is -2.28. The van der Waals surface area contributed by atoms with Crippen LogP contribution in [0.15, 0.2) is 4.42 Å². The van der Waals surface area contributed by atoms with Gasteiger partial charge in [-0.15, -0.1) is 10.2 Å². The van der Waals surface area contributed by atoms with E-state index in [1.165, 1.54) is 0 Å². The van der Waals surface area contributed by atoms with Crippen molar-refractivity contribution in [2.75, 3.05) is 6.54 Å². The second-order valence-corrected chi connectivity index (χ2v) is 6.68. The highest BCUT2D eigenvalue weighted by atomic mass is 16.4. The molecule has 0 radical (unpaired) electrons. The van der Waals surface area contributed by atoms with Gasteiger partial charge in [0.05, 0.1) is 0 Å². The number of nitrogens with one attached hydrogen (secondary N) is 1. The summed E-state index contributed by atoms with van der Waals surface area (Å²) in [6.45, 7) is 8.90. The predicted molar refractivity (Wildman–Crippen MR) is 76.2 cm³/mol. The molecule has 1 aromatic rings. The van der Waals surface area contributed by atoms with Gasteiger partial charge in [-0.2, -0.15) is 0 Å². The molecule has 1 aliphatic rings. The van der Waals surface area contributed by atoms with E-state index in [2.05, 4.69) is 43.2 Å². The lowest BCUT2D eigenvalue weighted by molar-refractivity contribution is -0.128. The molecule has 0 spiro atoms. The zero-order chi connectivity index (χ0) is 14.8. The molecule has 1 heterocycles. The highest BCUT2D eigenvalue weighted by Gasteiger charge is 2.30. The van der Waals surface area contributed by atoms with Gasteiger partial charge in [-0.3, -0.25) is 4.79 Å². The van der Waals surface area contributed by atoms with Crippen molar-refractivity contribution in [3.8, 4) is 0 Å². The summed E-state index contributed by atoms with van der Waals surface area (Å²) >= 11 is 0. The van der Waals surface area contributed by atoms with Crippen molar-refractivity contribution in [2.24, 2.45) is 11.3 Å². The molecule has 5 nitrogen and oxygen atoms in total. The predicted octanol–water partition coefficient (Wildman–Crippen LogP) is 2.68. The first-order chi connectivity index (χ1) is 9.41. The van der Waals surface area contributed by atoms with Gasteiger partial charge in [0.25, 0.3) is 0 Å². The van der Waals surface area contributed by atoms with Gasteiger partial charge < -0.3 is 9.73 Å². The SMILES string of the molecule is CCC(C(=O)NCCc1nnc(C2CC2)o1)C(C)(C)C. The van der Waals surface area contributed by atoms with E-state index in [9.17, 15) is 4.79 Å². The molecular weight excluding hydrogens is 254 g/mol. The number of amides is 1. The van der Waals surface area contributed by atoms with E-state index in [1.54, 1.807) is 0 Å². The summed E-state index contributed by atoms with van der Waals surface area (Å²) < 4.78 is 5.57. The standard InChI is InChI=1S/C15H25N3O2/c1-5-11(15(2,3)4)13(19)16-9-8-12-17-18-14(20-12)10-6-7-10/h10-11H,5-9H2,1-4H3,(H,16,19). The van der Waals surface area contributed by atoms with Crippen LogP contribution >= 0.6 is 0 Å². The Balaban J connectivity index is 1.77. The minimum atomic E-state index is -0.0114.